The Morgan fingerprint density at radius 3 is 2.79 bits per heavy atom. The van der Waals surface area contributed by atoms with Crippen LogP contribution in [-0.4, -0.2) is 18.7 Å². The van der Waals surface area contributed by atoms with Crippen molar-refractivity contribution in [3.8, 4) is 0 Å². The standard InChI is InChI=1S/C16H22O3/c1-3-4-10-18-14-11-16(14,2)15(17)19-12-13-8-6-5-7-9-13/h5-9,14H,3-4,10-12H2,1-2H3. The van der Waals surface area contributed by atoms with Crippen molar-refractivity contribution in [1.82, 2.24) is 0 Å². The predicted molar refractivity (Wildman–Crippen MR) is 73.6 cm³/mol. The second kappa shape index (κ2) is 6.20. The zero-order valence-corrected chi connectivity index (χ0v) is 11.7. The zero-order chi connectivity index (χ0) is 13.7. The van der Waals surface area contributed by atoms with Crippen LogP contribution in [-0.2, 0) is 20.9 Å². The van der Waals surface area contributed by atoms with Crippen molar-refractivity contribution in [2.24, 2.45) is 5.41 Å². The van der Waals surface area contributed by atoms with Crippen LogP contribution in [0.3, 0.4) is 0 Å². The molecule has 19 heavy (non-hydrogen) atoms. The summed E-state index contributed by atoms with van der Waals surface area (Å²) in [6.07, 6.45) is 2.99. The minimum atomic E-state index is -0.428. The van der Waals surface area contributed by atoms with Gasteiger partial charge in [0, 0.05) is 6.61 Å². The van der Waals surface area contributed by atoms with Crippen LogP contribution < -0.4 is 0 Å². The number of benzene rings is 1. The Hall–Kier alpha value is -1.35. The summed E-state index contributed by atoms with van der Waals surface area (Å²) < 4.78 is 11.1. The minimum absolute atomic E-state index is 0.0438. The van der Waals surface area contributed by atoms with E-state index in [1.54, 1.807) is 0 Å². The Morgan fingerprint density at radius 1 is 1.37 bits per heavy atom. The van der Waals surface area contributed by atoms with Crippen molar-refractivity contribution >= 4 is 5.97 Å². The summed E-state index contributed by atoms with van der Waals surface area (Å²) in [5.41, 5.74) is 0.589. The van der Waals surface area contributed by atoms with Crippen LogP contribution in [0, 0.1) is 5.41 Å². The van der Waals surface area contributed by atoms with Crippen LogP contribution in [0.15, 0.2) is 30.3 Å². The number of hydrogen-bond acceptors (Lipinski definition) is 3. The molecule has 2 unspecified atom stereocenters. The maximum Gasteiger partial charge on any atom is 0.314 e. The molecule has 104 valence electrons. The molecule has 0 aliphatic heterocycles. The maximum absolute atomic E-state index is 12.0. The Morgan fingerprint density at radius 2 is 2.11 bits per heavy atom. The number of rotatable bonds is 7. The van der Waals surface area contributed by atoms with E-state index < -0.39 is 5.41 Å². The fraction of sp³-hybridized carbons (Fsp3) is 0.562. The van der Waals surface area contributed by atoms with Crippen molar-refractivity contribution in [2.75, 3.05) is 6.61 Å². The van der Waals surface area contributed by atoms with Gasteiger partial charge in [0.2, 0.25) is 0 Å². The van der Waals surface area contributed by atoms with Crippen molar-refractivity contribution < 1.29 is 14.3 Å². The van der Waals surface area contributed by atoms with Gasteiger partial charge in [0.05, 0.1) is 11.5 Å². The minimum Gasteiger partial charge on any atom is -0.460 e. The summed E-state index contributed by atoms with van der Waals surface area (Å²) in [4.78, 5) is 12.0. The largest absolute Gasteiger partial charge is 0.460 e. The van der Waals surface area contributed by atoms with Crippen molar-refractivity contribution in [3.63, 3.8) is 0 Å². The highest BCUT2D eigenvalue weighted by Crippen LogP contribution is 2.49. The first-order chi connectivity index (χ1) is 9.16. The van der Waals surface area contributed by atoms with Gasteiger partial charge in [-0.3, -0.25) is 4.79 Å². The average Bonchev–Trinajstić information content (AvgIpc) is 3.10. The van der Waals surface area contributed by atoms with Gasteiger partial charge in [0.15, 0.2) is 0 Å². The molecule has 3 heteroatoms. The summed E-state index contributed by atoms with van der Waals surface area (Å²) in [5, 5.41) is 0. The summed E-state index contributed by atoms with van der Waals surface area (Å²) >= 11 is 0. The number of carbonyl (C=O) groups is 1. The Labute approximate surface area is 114 Å². The first-order valence-electron chi connectivity index (χ1n) is 6.99. The lowest BCUT2D eigenvalue weighted by Gasteiger charge is -2.11. The van der Waals surface area contributed by atoms with Gasteiger partial charge in [-0.1, -0.05) is 43.7 Å². The highest BCUT2D eigenvalue weighted by Gasteiger charge is 2.58. The maximum atomic E-state index is 12.0. The second-order valence-electron chi connectivity index (χ2n) is 5.40. The molecule has 2 atom stereocenters. The molecule has 1 fully saturated rings. The topological polar surface area (TPSA) is 35.5 Å². The van der Waals surface area contributed by atoms with Gasteiger partial charge in [-0.2, -0.15) is 0 Å². The molecule has 1 aromatic rings. The van der Waals surface area contributed by atoms with Crippen LogP contribution >= 0.6 is 0 Å². The number of esters is 1. The van der Waals surface area contributed by atoms with Gasteiger partial charge >= 0.3 is 5.97 Å². The van der Waals surface area contributed by atoms with Crippen LogP contribution in [0.4, 0.5) is 0 Å². The van der Waals surface area contributed by atoms with Gasteiger partial charge in [-0.25, -0.2) is 0 Å². The molecular weight excluding hydrogens is 240 g/mol. The molecule has 0 aromatic heterocycles. The van der Waals surface area contributed by atoms with E-state index in [-0.39, 0.29) is 12.1 Å². The SMILES string of the molecule is CCCCOC1CC1(C)C(=O)OCc1ccccc1. The Kier molecular flexibility index (Phi) is 4.59. The van der Waals surface area contributed by atoms with Crippen LogP contribution in [0.2, 0.25) is 0 Å². The Bertz CT molecular complexity index is 415. The fourth-order valence-corrected chi connectivity index (χ4v) is 2.04. The van der Waals surface area contributed by atoms with Crippen molar-refractivity contribution in [3.05, 3.63) is 35.9 Å². The molecule has 0 radical (unpaired) electrons. The van der Waals surface area contributed by atoms with Crippen molar-refractivity contribution in [1.29, 1.82) is 0 Å². The van der Waals surface area contributed by atoms with Crippen molar-refractivity contribution in [2.45, 2.75) is 45.8 Å². The number of hydrogen-bond donors (Lipinski definition) is 0. The third-order valence-electron chi connectivity index (χ3n) is 3.66. The lowest BCUT2D eigenvalue weighted by Crippen LogP contribution is -2.21. The van der Waals surface area contributed by atoms with Gasteiger partial charge in [0.25, 0.3) is 0 Å². The molecule has 2 rings (SSSR count). The highest BCUT2D eigenvalue weighted by atomic mass is 16.5. The summed E-state index contributed by atoms with van der Waals surface area (Å²) in [6, 6.07) is 9.75. The molecule has 0 saturated heterocycles. The lowest BCUT2D eigenvalue weighted by atomic mass is 10.1. The van der Waals surface area contributed by atoms with E-state index in [1.807, 2.05) is 37.3 Å². The fourth-order valence-electron chi connectivity index (χ4n) is 2.04. The molecule has 0 amide bonds. The third-order valence-corrected chi connectivity index (χ3v) is 3.66. The molecule has 1 aliphatic carbocycles. The summed E-state index contributed by atoms with van der Waals surface area (Å²) in [5.74, 6) is -0.141. The van der Waals surface area contributed by atoms with Crippen LogP contribution in [0.25, 0.3) is 0 Å². The smallest absolute Gasteiger partial charge is 0.314 e. The first kappa shape index (κ1) is 14.1. The normalized spacial score (nSPS) is 25.1. The third kappa shape index (κ3) is 3.57. The average molecular weight is 262 g/mol. The van der Waals surface area contributed by atoms with E-state index in [9.17, 15) is 4.79 Å². The van der Waals surface area contributed by atoms with E-state index in [2.05, 4.69) is 6.92 Å². The van der Waals surface area contributed by atoms with Gasteiger partial charge in [0.1, 0.15) is 6.61 Å². The molecule has 0 spiro atoms. The molecule has 1 aromatic carbocycles. The molecule has 0 N–H and O–H groups in total. The predicted octanol–water partition coefficient (Wildman–Crippen LogP) is 3.33. The zero-order valence-electron chi connectivity index (χ0n) is 11.7. The second-order valence-corrected chi connectivity index (χ2v) is 5.40. The molecule has 3 nitrogen and oxygen atoms in total. The molecule has 1 aliphatic rings. The van der Waals surface area contributed by atoms with Gasteiger partial charge in [-0.05, 0) is 25.3 Å². The number of unbranched alkanes of at least 4 members (excludes halogenated alkanes) is 1. The lowest BCUT2D eigenvalue weighted by molar-refractivity contribution is -0.152. The number of carbonyl (C=O) groups excluding carboxylic acids is 1. The van der Waals surface area contributed by atoms with Gasteiger partial charge in [-0.15, -0.1) is 0 Å². The Balaban J connectivity index is 1.75. The molecule has 0 bridgehead atoms. The van der Waals surface area contributed by atoms with E-state index in [4.69, 9.17) is 9.47 Å². The van der Waals surface area contributed by atoms with Crippen LogP contribution in [0.5, 0.6) is 0 Å². The number of ether oxygens (including phenoxy) is 2. The molecule has 1 saturated carbocycles. The van der Waals surface area contributed by atoms with E-state index in [0.29, 0.717) is 6.61 Å². The quantitative estimate of drug-likeness (QED) is 0.558. The first-order valence-corrected chi connectivity index (χ1v) is 6.99. The molecule has 0 heterocycles. The molecular formula is C16H22O3. The van der Waals surface area contributed by atoms with E-state index >= 15 is 0 Å². The monoisotopic (exact) mass is 262 g/mol. The van der Waals surface area contributed by atoms with E-state index in [0.717, 1.165) is 31.4 Å². The summed E-state index contributed by atoms with van der Waals surface area (Å²) in [6.45, 7) is 5.14. The highest BCUT2D eigenvalue weighted by molar-refractivity contribution is 5.80. The van der Waals surface area contributed by atoms with E-state index in [1.165, 1.54) is 0 Å². The van der Waals surface area contributed by atoms with Gasteiger partial charge < -0.3 is 9.47 Å². The summed E-state index contributed by atoms with van der Waals surface area (Å²) in [7, 11) is 0. The van der Waals surface area contributed by atoms with Crippen LogP contribution in [0.1, 0.15) is 38.7 Å².